The first-order valence-corrected chi connectivity index (χ1v) is 5.54. The lowest BCUT2D eigenvalue weighted by Gasteiger charge is -2.12. The van der Waals surface area contributed by atoms with Gasteiger partial charge in [-0.2, -0.15) is 5.26 Å². The molecular weight excluding hydrogens is 238 g/mol. The maximum Gasteiger partial charge on any atom is 0.343 e. The Bertz CT molecular complexity index is 371. The number of amides is 1. The minimum Gasteiger partial charge on any atom is -0.464 e. The number of nitriles is 1. The Balaban J connectivity index is 4.61. The fourth-order valence-electron chi connectivity index (χ4n) is 1.15. The van der Waals surface area contributed by atoms with Gasteiger partial charge in [0.25, 0.3) is 5.91 Å². The lowest BCUT2D eigenvalue weighted by molar-refractivity contribution is -0.145. The van der Waals surface area contributed by atoms with Crippen LogP contribution in [-0.4, -0.2) is 35.4 Å². The molecule has 0 aliphatic rings. The van der Waals surface area contributed by atoms with Crippen molar-refractivity contribution < 1.29 is 19.5 Å². The molecule has 0 bridgehead atoms. The number of esters is 1. The number of hydrogen-bond donors (Lipinski definition) is 2. The molecule has 0 aromatic carbocycles. The third-order valence-corrected chi connectivity index (χ3v) is 1.91. The van der Waals surface area contributed by atoms with Gasteiger partial charge >= 0.3 is 5.97 Å². The maximum absolute atomic E-state index is 11.6. The minimum absolute atomic E-state index is 0.102. The van der Waals surface area contributed by atoms with Crippen LogP contribution in [0.2, 0.25) is 0 Å². The molecule has 2 N–H and O–H groups in total. The summed E-state index contributed by atoms with van der Waals surface area (Å²) in [5.41, 5.74) is -0.130. The quantitative estimate of drug-likeness (QED) is 0.309. The van der Waals surface area contributed by atoms with E-state index in [0.717, 1.165) is 0 Å². The summed E-state index contributed by atoms with van der Waals surface area (Å²) in [4.78, 5) is 22.9. The second-order valence-corrected chi connectivity index (χ2v) is 3.93. The number of rotatable bonds is 6. The first-order valence-electron chi connectivity index (χ1n) is 5.54. The summed E-state index contributed by atoms with van der Waals surface area (Å²) in [5.74, 6) is -1.49. The van der Waals surface area contributed by atoms with Crippen LogP contribution in [0, 0.1) is 17.2 Å². The van der Waals surface area contributed by atoms with E-state index in [-0.39, 0.29) is 24.7 Å². The van der Waals surface area contributed by atoms with Crippen molar-refractivity contribution in [2.45, 2.75) is 33.2 Å². The Labute approximate surface area is 105 Å². The number of carbonyl (C=O) groups excluding carboxylic acids is 2. The molecule has 18 heavy (non-hydrogen) atoms. The van der Waals surface area contributed by atoms with Crippen molar-refractivity contribution in [2.24, 2.45) is 11.1 Å². The molecule has 0 rings (SSSR count). The standard InChI is InChI=1S/C11H17N3O4/c1-4-18-11(16)9(6-12)13-10(15)8(14-17)5-7(2)3/h7,9,17H,4-5H2,1-3H3,(H,13,15). The van der Waals surface area contributed by atoms with Crippen molar-refractivity contribution >= 4 is 17.6 Å². The van der Waals surface area contributed by atoms with Crippen LogP contribution in [0.3, 0.4) is 0 Å². The molecule has 0 aromatic rings. The SMILES string of the molecule is CCOC(=O)C(C#N)NC(=O)C(CC(C)C)=NO. The highest BCUT2D eigenvalue weighted by atomic mass is 16.5. The highest BCUT2D eigenvalue weighted by Gasteiger charge is 2.24. The van der Waals surface area contributed by atoms with Crippen molar-refractivity contribution in [1.82, 2.24) is 5.32 Å². The molecule has 0 aliphatic heterocycles. The first kappa shape index (κ1) is 15.9. The molecule has 0 fully saturated rings. The normalized spacial score (nSPS) is 12.7. The van der Waals surface area contributed by atoms with Gasteiger partial charge < -0.3 is 15.3 Å². The number of carbonyl (C=O) groups is 2. The highest BCUT2D eigenvalue weighted by Crippen LogP contribution is 2.02. The topological polar surface area (TPSA) is 112 Å². The van der Waals surface area contributed by atoms with Crippen LogP contribution in [0.25, 0.3) is 0 Å². The largest absolute Gasteiger partial charge is 0.464 e. The van der Waals surface area contributed by atoms with E-state index in [1.165, 1.54) is 0 Å². The molecule has 100 valence electrons. The lowest BCUT2D eigenvalue weighted by atomic mass is 10.1. The van der Waals surface area contributed by atoms with E-state index in [9.17, 15) is 9.59 Å². The number of hydrogen-bond acceptors (Lipinski definition) is 6. The number of oxime groups is 1. The minimum atomic E-state index is -1.40. The second kappa shape index (κ2) is 8.06. The lowest BCUT2D eigenvalue weighted by Crippen LogP contribution is -2.44. The van der Waals surface area contributed by atoms with E-state index in [1.54, 1.807) is 13.0 Å². The molecule has 0 saturated heterocycles. The molecule has 0 aromatic heterocycles. The first-order chi connectivity index (χ1) is 8.46. The molecule has 0 spiro atoms. The fourth-order valence-corrected chi connectivity index (χ4v) is 1.15. The fraction of sp³-hybridized carbons (Fsp3) is 0.636. The third-order valence-electron chi connectivity index (χ3n) is 1.91. The van der Waals surface area contributed by atoms with E-state index in [0.29, 0.717) is 0 Å². The van der Waals surface area contributed by atoms with E-state index in [1.807, 2.05) is 13.8 Å². The van der Waals surface area contributed by atoms with Crippen molar-refractivity contribution in [3.8, 4) is 6.07 Å². The molecule has 7 heteroatoms. The van der Waals surface area contributed by atoms with Gasteiger partial charge in [-0.05, 0) is 12.8 Å². The summed E-state index contributed by atoms with van der Waals surface area (Å²) < 4.78 is 4.61. The average molecular weight is 255 g/mol. The molecular formula is C11H17N3O4. The zero-order chi connectivity index (χ0) is 14.1. The van der Waals surface area contributed by atoms with Gasteiger partial charge in [-0.25, -0.2) is 4.79 Å². The van der Waals surface area contributed by atoms with Gasteiger partial charge in [0, 0.05) is 6.42 Å². The van der Waals surface area contributed by atoms with Crippen molar-refractivity contribution in [3.05, 3.63) is 0 Å². The summed E-state index contributed by atoms with van der Waals surface area (Å²) >= 11 is 0. The monoisotopic (exact) mass is 255 g/mol. The Kier molecular flexibility index (Phi) is 7.12. The van der Waals surface area contributed by atoms with Crippen LogP contribution in [0.5, 0.6) is 0 Å². The Morgan fingerprint density at radius 1 is 1.50 bits per heavy atom. The van der Waals surface area contributed by atoms with Crippen molar-refractivity contribution in [1.29, 1.82) is 5.26 Å². The summed E-state index contributed by atoms with van der Waals surface area (Å²) in [6, 6.07) is 0.205. The highest BCUT2D eigenvalue weighted by molar-refractivity contribution is 6.39. The average Bonchev–Trinajstić information content (AvgIpc) is 2.32. The molecule has 1 unspecified atom stereocenters. The maximum atomic E-state index is 11.6. The Morgan fingerprint density at radius 2 is 2.11 bits per heavy atom. The van der Waals surface area contributed by atoms with Crippen LogP contribution >= 0.6 is 0 Å². The smallest absolute Gasteiger partial charge is 0.343 e. The zero-order valence-electron chi connectivity index (χ0n) is 10.6. The van der Waals surface area contributed by atoms with Gasteiger partial charge in [0.1, 0.15) is 5.71 Å². The summed E-state index contributed by atoms with van der Waals surface area (Å²) in [6.07, 6.45) is 0.239. The predicted molar refractivity (Wildman–Crippen MR) is 62.9 cm³/mol. The van der Waals surface area contributed by atoms with Gasteiger partial charge in [0.05, 0.1) is 12.7 Å². The molecule has 7 nitrogen and oxygen atoms in total. The van der Waals surface area contributed by atoms with Gasteiger partial charge in [0.2, 0.25) is 6.04 Å². The molecule has 0 aliphatic carbocycles. The van der Waals surface area contributed by atoms with E-state index < -0.39 is 17.9 Å². The Hall–Kier alpha value is -2.10. The molecule has 0 radical (unpaired) electrons. The molecule has 0 heterocycles. The van der Waals surface area contributed by atoms with Gasteiger partial charge in [-0.3, -0.25) is 4.79 Å². The molecule has 1 atom stereocenters. The van der Waals surface area contributed by atoms with Crippen LogP contribution in [0.4, 0.5) is 0 Å². The van der Waals surface area contributed by atoms with Crippen LogP contribution in [0.15, 0.2) is 5.16 Å². The summed E-state index contributed by atoms with van der Waals surface area (Å²) in [5, 5.41) is 22.4. The summed E-state index contributed by atoms with van der Waals surface area (Å²) in [6.45, 7) is 5.38. The van der Waals surface area contributed by atoms with Crippen molar-refractivity contribution in [2.75, 3.05) is 6.61 Å². The van der Waals surface area contributed by atoms with Crippen molar-refractivity contribution in [3.63, 3.8) is 0 Å². The third kappa shape index (κ3) is 5.30. The Morgan fingerprint density at radius 3 is 2.50 bits per heavy atom. The van der Waals surface area contributed by atoms with E-state index in [4.69, 9.17) is 10.5 Å². The van der Waals surface area contributed by atoms with E-state index in [2.05, 4.69) is 15.2 Å². The van der Waals surface area contributed by atoms with E-state index >= 15 is 0 Å². The van der Waals surface area contributed by atoms with Gasteiger partial charge in [-0.1, -0.05) is 19.0 Å². The molecule has 1 amide bonds. The predicted octanol–water partition coefficient (Wildman–Crippen LogP) is 0.434. The van der Waals surface area contributed by atoms with Gasteiger partial charge in [-0.15, -0.1) is 0 Å². The molecule has 0 saturated carbocycles. The summed E-state index contributed by atoms with van der Waals surface area (Å²) in [7, 11) is 0. The number of nitrogens with zero attached hydrogens (tertiary/aromatic N) is 2. The number of nitrogens with one attached hydrogen (secondary N) is 1. The number of ether oxygens (including phenoxy) is 1. The zero-order valence-corrected chi connectivity index (χ0v) is 10.6. The van der Waals surface area contributed by atoms with Crippen LogP contribution in [-0.2, 0) is 14.3 Å². The van der Waals surface area contributed by atoms with Gasteiger partial charge in [0.15, 0.2) is 0 Å². The second-order valence-electron chi connectivity index (χ2n) is 3.93. The van der Waals surface area contributed by atoms with Crippen LogP contribution < -0.4 is 5.32 Å². The van der Waals surface area contributed by atoms with Crippen LogP contribution in [0.1, 0.15) is 27.2 Å².